The molecule has 3 aromatic rings. The van der Waals surface area contributed by atoms with Crippen molar-refractivity contribution in [3.05, 3.63) is 77.9 Å². The normalized spacial score (nSPS) is 17.1. The third-order valence-electron chi connectivity index (χ3n) is 5.70. The van der Waals surface area contributed by atoms with Crippen LogP contribution in [0.3, 0.4) is 0 Å². The van der Waals surface area contributed by atoms with Crippen molar-refractivity contribution in [3.63, 3.8) is 0 Å². The van der Waals surface area contributed by atoms with Gasteiger partial charge in [-0.2, -0.15) is 0 Å². The number of hydrogen-bond donors (Lipinski definition) is 1. The second kappa shape index (κ2) is 9.71. The molecule has 1 aromatic heterocycles. The number of amides is 1. The van der Waals surface area contributed by atoms with E-state index in [-0.39, 0.29) is 11.8 Å². The van der Waals surface area contributed by atoms with Crippen LogP contribution in [0, 0.1) is 12.8 Å². The van der Waals surface area contributed by atoms with Crippen molar-refractivity contribution < 1.29 is 9.53 Å². The van der Waals surface area contributed by atoms with E-state index in [1.165, 1.54) is 0 Å². The number of ether oxygens (including phenoxy) is 1. The van der Waals surface area contributed by atoms with Crippen molar-refractivity contribution in [2.24, 2.45) is 5.92 Å². The molecule has 160 valence electrons. The van der Waals surface area contributed by atoms with E-state index in [2.05, 4.69) is 38.4 Å². The van der Waals surface area contributed by atoms with Crippen molar-refractivity contribution in [2.45, 2.75) is 19.9 Å². The van der Waals surface area contributed by atoms with E-state index < -0.39 is 0 Å². The predicted molar refractivity (Wildman–Crippen MR) is 121 cm³/mol. The Kier molecular flexibility index (Phi) is 6.57. The van der Waals surface area contributed by atoms with Gasteiger partial charge in [0.25, 0.3) is 0 Å². The van der Waals surface area contributed by atoms with Gasteiger partial charge < -0.3 is 10.1 Å². The maximum absolute atomic E-state index is 12.8. The van der Waals surface area contributed by atoms with Crippen LogP contribution in [0.25, 0.3) is 11.1 Å². The highest BCUT2D eigenvalue weighted by molar-refractivity contribution is 5.80. The fourth-order valence-electron chi connectivity index (χ4n) is 4.12. The first kappa shape index (κ1) is 21.0. The number of rotatable bonds is 6. The van der Waals surface area contributed by atoms with Crippen LogP contribution in [0.15, 0.2) is 60.9 Å². The van der Waals surface area contributed by atoms with Crippen LogP contribution < -0.4 is 10.1 Å². The Labute approximate surface area is 183 Å². The first-order valence-corrected chi connectivity index (χ1v) is 10.6. The molecule has 1 aliphatic heterocycles. The summed E-state index contributed by atoms with van der Waals surface area (Å²) in [5.41, 5.74) is 4.36. The van der Waals surface area contributed by atoms with Gasteiger partial charge in [-0.25, -0.2) is 9.97 Å². The molecule has 1 saturated heterocycles. The third-order valence-corrected chi connectivity index (χ3v) is 5.70. The number of methoxy groups -OCH3 is 1. The second-order valence-electron chi connectivity index (χ2n) is 7.92. The highest BCUT2D eigenvalue weighted by Gasteiger charge is 2.26. The van der Waals surface area contributed by atoms with Crippen LogP contribution in [0.4, 0.5) is 0 Å². The van der Waals surface area contributed by atoms with Crippen LogP contribution in [-0.4, -0.2) is 47.5 Å². The molecular formula is C25H28N4O2. The van der Waals surface area contributed by atoms with Gasteiger partial charge in [-0.3, -0.25) is 9.69 Å². The molecule has 0 radical (unpaired) electrons. The Hall–Kier alpha value is -3.25. The average Bonchev–Trinajstić information content (AvgIpc) is 2.96. The molecule has 31 heavy (non-hydrogen) atoms. The number of para-hydroxylation sites is 1. The van der Waals surface area contributed by atoms with Crippen LogP contribution >= 0.6 is 0 Å². The number of benzene rings is 2. The Morgan fingerprint density at radius 1 is 1.06 bits per heavy atom. The van der Waals surface area contributed by atoms with Gasteiger partial charge in [0.05, 0.1) is 13.0 Å². The lowest BCUT2D eigenvalue weighted by Crippen LogP contribution is -2.33. The van der Waals surface area contributed by atoms with Gasteiger partial charge in [0.2, 0.25) is 5.91 Å². The molecule has 1 atom stereocenters. The zero-order valence-electron chi connectivity index (χ0n) is 18.0. The van der Waals surface area contributed by atoms with Crippen LogP contribution in [0.5, 0.6) is 5.75 Å². The minimum absolute atomic E-state index is 0.109. The third kappa shape index (κ3) is 5.09. The van der Waals surface area contributed by atoms with E-state index in [1.807, 2.05) is 49.6 Å². The van der Waals surface area contributed by atoms with E-state index in [4.69, 9.17) is 4.74 Å². The summed E-state index contributed by atoms with van der Waals surface area (Å²) in [7, 11) is 1.69. The van der Waals surface area contributed by atoms with Crippen molar-refractivity contribution in [3.8, 4) is 16.9 Å². The zero-order chi connectivity index (χ0) is 21.6. The van der Waals surface area contributed by atoms with Gasteiger partial charge in [-0.1, -0.05) is 42.5 Å². The predicted octanol–water partition coefficient (Wildman–Crippen LogP) is 3.25. The minimum Gasteiger partial charge on any atom is -0.496 e. The summed E-state index contributed by atoms with van der Waals surface area (Å²) in [6.07, 6.45) is 4.41. The summed E-state index contributed by atoms with van der Waals surface area (Å²) in [5, 5.41) is 3.08. The van der Waals surface area contributed by atoms with Gasteiger partial charge in [-0.05, 0) is 30.5 Å². The summed E-state index contributed by atoms with van der Waals surface area (Å²) in [6.45, 7) is 4.77. The molecule has 1 N–H and O–H groups in total. The lowest BCUT2D eigenvalue weighted by Gasteiger charge is -2.23. The number of nitrogens with zero attached hydrogens (tertiary/aromatic N) is 3. The minimum atomic E-state index is -0.135. The van der Waals surface area contributed by atoms with Crippen LogP contribution in [0.1, 0.15) is 17.0 Å². The van der Waals surface area contributed by atoms with E-state index in [0.29, 0.717) is 19.5 Å². The van der Waals surface area contributed by atoms with Crippen molar-refractivity contribution in [1.82, 2.24) is 20.2 Å². The molecule has 2 heterocycles. The number of carbonyl (C=O) groups is 1. The van der Waals surface area contributed by atoms with Gasteiger partial charge in [0.15, 0.2) is 0 Å². The maximum Gasteiger partial charge on any atom is 0.224 e. The molecule has 0 saturated carbocycles. The lowest BCUT2D eigenvalue weighted by molar-refractivity contribution is -0.124. The highest BCUT2D eigenvalue weighted by atomic mass is 16.5. The standard InChI is InChI=1S/C25H28N4O2/c1-18-27-14-19(15-28-18)16-29-12-11-26-25(30)21(17-29)13-20-7-3-4-8-22(20)23-9-5-6-10-24(23)31-2/h3-10,14-15,21H,11-13,16-17H2,1-2H3,(H,26,30)/t21-/m1/s1. The van der Waals surface area contributed by atoms with Crippen LogP contribution in [-0.2, 0) is 17.8 Å². The quantitative estimate of drug-likeness (QED) is 0.668. The number of hydrogen-bond acceptors (Lipinski definition) is 5. The first-order valence-electron chi connectivity index (χ1n) is 10.6. The molecule has 4 rings (SSSR count). The van der Waals surface area contributed by atoms with E-state index in [9.17, 15) is 4.79 Å². The Morgan fingerprint density at radius 2 is 1.77 bits per heavy atom. The molecule has 1 fully saturated rings. The fourth-order valence-corrected chi connectivity index (χ4v) is 4.12. The topological polar surface area (TPSA) is 67.3 Å². The molecule has 0 spiro atoms. The van der Waals surface area contributed by atoms with E-state index in [0.717, 1.165) is 46.9 Å². The van der Waals surface area contributed by atoms with Gasteiger partial charge in [-0.15, -0.1) is 0 Å². The number of nitrogens with one attached hydrogen (secondary N) is 1. The highest BCUT2D eigenvalue weighted by Crippen LogP contribution is 2.33. The summed E-state index contributed by atoms with van der Waals surface area (Å²) in [6, 6.07) is 16.3. The molecule has 6 heteroatoms. The smallest absolute Gasteiger partial charge is 0.224 e. The lowest BCUT2D eigenvalue weighted by atomic mass is 9.91. The van der Waals surface area contributed by atoms with Crippen molar-refractivity contribution in [1.29, 1.82) is 0 Å². The monoisotopic (exact) mass is 416 g/mol. The van der Waals surface area contributed by atoms with Gasteiger partial charge >= 0.3 is 0 Å². The maximum atomic E-state index is 12.8. The molecule has 2 aromatic carbocycles. The summed E-state index contributed by atoms with van der Waals surface area (Å²) in [4.78, 5) is 23.8. The van der Waals surface area contributed by atoms with Gasteiger partial charge in [0, 0.05) is 49.7 Å². The number of carbonyl (C=O) groups excluding carboxylic acids is 1. The van der Waals surface area contributed by atoms with Gasteiger partial charge in [0.1, 0.15) is 11.6 Å². The molecule has 0 bridgehead atoms. The van der Waals surface area contributed by atoms with Crippen molar-refractivity contribution in [2.75, 3.05) is 26.7 Å². The second-order valence-corrected chi connectivity index (χ2v) is 7.92. The summed E-state index contributed by atoms with van der Waals surface area (Å²) >= 11 is 0. The van der Waals surface area contributed by atoms with Crippen molar-refractivity contribution >= 4 is 5.91 Å². The number of aryl methyl sites for hydroxylation is 1. The Balaban J connectivity index is 1.56. The van der Waals surface area contributed by atoms with Crippen LogP contribution in [0.2, 0.25) is 0 Å². The molecule has 6 nitrogen and oxygen atoms in total. The van der Waals surface area contributed by atoms with E-state index in [1.54, 1.807) is 7.11 Å². The summed E-state index contributed by atoms with van der Waals surface area (Å²) < 4.78 is 5.58. The average molecular weight is 417 g/mol. The molecule has 1 aliphatic rings. The zero-order valence-corrected chi connectivity index (χ0v) is 18.0. The Morgan fingerprint density at radius 3 is 2.55 bits per heavy atom. The fraction of sp³-hybridized carbons (Fsp3) is 0.320. The van der Waals surface area contributed by atoms with E-state index >= 15 is 0 Å². The molecule has 0 aliphatic carbocycles. The Bertz CT molecular complexity index is 1040. The molecular weight excluding hydrogens is 388 g/mol. The largest absolute Gasteiger partial charge is 0.496 e. The summed E-state index contributed by atoms with van der Waals surface area (Å²) in [5.74, 6) is 1.57. The first-order chi connectivity index (χ1) is 15.1. The molecule has 0 unspecified atom stereocenters. The molecule has 1 amide bonds. The SMILES string of the molecule is COc1ccccc1-c1ccccc1C[C@@H]1CN(Cc2cnc(C)nc2)CCNC1=O. The number of aromatic nitrogens is 2.